The van der Waals surface area contributed by atoms with Crippen molar-refractivity contribution in [1.82, 2.24) is 20.0 Å². The molecule has 6 nitrogen and oxygen atoms in total. The van der Waals surface area contributed by atoms with E-state index in [1.807, 2.05) is 54.6 Å². The number of carbonyl (C=O) groups excluding carboxylic acids is 1. The number of nitrogens with zero attached hydrogens (tertiary/aromatic N) is 4. The van der Waals surface area contributed by atoms with E-state index in [1.165, 1.54) is 17.3 Å². The molecule has 0 fully saturated rings. The van der Waals surface area contributed by atoms with Gasteiger partial charge in [0.05, 0.1) is 29.5 Å². The summed E-state index contributed by atoms with van der Waals surface area (Å²) in [5, 5.41) is 4.79. The van der Waals surface area contributed by atoms with Crippen molar-refractivity contribution >= 4 is 34.9 Å². The van der Waals surface area contributed by atoms with Crippen molar-refractivity contribution < 1.29 is 4.79 Å². The Morgan fingerprint density at radius 3 is 2.72 bits per heavy atom. The maximum atomic E-state index is 12.2. The number of benzene rings is 2. The largest absolute Gasteiger partial charge is 0.314 e. The molecule has 2 aromatic heterocycles. The summed E-state index contributed by atoms with van der Waals surface area (Å²) in [5.74, 6) is 0.0381. The van der Waals surface area contributed by atoms with Gasteiger partial charge in [-0.25, -0.2) is 10.4 Å². The van der Waals surface area contributed by atoms with E-state index in [1.54, 1.807) is 18.6 Å². The average Bonchev–Trinajstić information content (AvgIpc) is 3.11. The van der Waals surface area contributed by atoms with Gasteiger partial charge >= 0.3 is 0 Å². The third kappa shape index (κ3) is 4.89. The van der Waals surface area contributed by atoms with Gasteiger partial charge in [0, 0.05) is 18.0 Å². The second-order valence-electron chi connectivity index (χ2n) is 6.32. The predicted molar refractivity (Wildman–Crippen MR) is 116 cm³/mol. The molecule has 0 spiro atoms. The van der Waals surface area contributed by atoms with E-state index in [2.05, 4.69) is 32.2 Å². The molecule has 4 rings (SSSR count). The van der Waals surface area contributed by atoms with E-state index in [0.29, 0.717) is 6.54 Å². The number of thioether (sulfide) groups is 1. The van der Waals surface area contributed by atoms with Crippen LogP contribution in [0.15, 0.2) is 89.4 Å². The molecule has 2 heterocycles. The van der Waals surface area contributed by atoms with Gasteiger partial charge in [-0.05, 0) is 23.8 Å². The molecule has 7 heteroatoms. The van der Waals surface area contributed by atoms with Gasteiger partial charge in [0.15, 0.2) is 5.16 Å². The van der Waals surface area contributed by atoms with Gasteiger partial charge in [-0.2, -0.15) is 5.10 Å². The standard InChI is InChI=1S/C22H19N5OS/c28-21(26-24-14-18-9-6-12-23-13-18)16-29-22-25-19-10-4-5-11-20(19)27(22)15-17-7-2-1-3-8-17/h1-14H,15-16H2,(H,26,28)/b24-14+. The molecule has 29 heavy (non-hydrogen) atoms. The molecule has 144 valence electrons. The van der Waals surface area contributed by atoms with Crippen molar-refractivity contribution in [2.75, 3.05) is 5.75 Å². The molecular formula is C22H19N5OS. The number of amides is 1. The monoisotopic (exact) mass is 401 g/mol. The van der Waals surface area contributed by atoms with Crippen LogP contribution in [-0.2, 0) is 11.3 Å². The van der Waals surface area contributed by atoms with E-state index < -0.39 is 0 Å². The van der Waals surface area contributed by atoms with Crippen LogP contribution in [0.25, 0.3) is 11.0 Å². The van der Waals surface area contributed by atoms with Crippen molar-refractivity contribution in [1.29, 1.82) is 0 Å². The van der Waals surface area contributed by atoms with Gasteiger partial charge in [0.2, 0.25) is 0 Å². The summed E-state index contributed by atoms with van der Waals surface area (Å²) in [6.45, 7) is 0.699. The zero-order valence-corrected chi connectivity index (χ0v) is 16.4. The first-order valence-electron chi connectivity index (χ1n) is 9.13. The number of pyridine rings is 1. The number of hydrogen-bond acceptors (Lipinski definition) is 5. The van der Waals surface area contributed by atoms with E-state index in [4.69, 9.17) is 4.98 Å². The van der Waals surface area contributed by atoms with Crippen LogP contribution in [0.3, 0.4) is 0 Å². The normalized spacial score (nSPS) is 11.2. The number of hydrazone groups is 1. The lowest BCUT2D eigenvalue weighted by atomic mass is 10.2. The summed E-state index contributed by atoms with van der Waals surface area (Å²) in [5.41, 5.74) is 6.52. The molecule has 2 aromatic carbocycles. The number of hydrogen-bond donors (Lipinski definition) is 1. The van der Waals surface area contributed by atoms with Crippen LogP contribution < -0.4 is 5.43 Å². The second-order valence-corrected chi connectivity index (χ2v) is 7.27. The van der Waals surface area contributed by atoms with Crippen molar-refractivity contribution in [3.8, 4) is 0 Å². The van der Waals surface area contributed by atoms with Crippen molar-refractivity contribution in [2.24, 2.45) is 5.10 Å². The number of para-hydroxylation sites is 2. The molecule has 1 N–H and O–H groups in total. The molecule has 0 saturated carbocycles. The first-order valence-corrected chi connectivity index (χ1v) is 10.1. The lowest BCUT2D eigenvalue weighted by Gasteiger charge is -2.09. The van der Waals surface area contributed by atoms with Crippen LogP contribution in [0.2, 0.25) is 0 Å². The fourth-order valence-electron chi connectivity index (χ4n) is 2.88. The summed E-state index contributed by atoms with van der Waals surface area (Å²) >= 11 is 1.40. The summed E-state index contributed by atoms with van der Waals surface area (Å²) in [7, 11) is 0. The van der Waals surface area contributed by atoms with Crippen molar-refractivity contribution in [2.45, 2.75) is 11.7 Å². The van der Waals surface area contributed by atoms with E-state index in [0.717, 1.165) is 21.8 Å². The minimum Gasteiger partial charge on any atom is -0.314 e. The number of carbonyl (C=O) groups is 1. The maximum Gasteiger partial charge on any atom is 0.250 e. The molecule has 0 aliphatic heterocycles. The van der Waals surface area contributed by atoms with Gasteiger partial charge in [0.25, 0.3) is 5.91 Å². The Morgan fingerprint density at radius 2 is 1.90 bits per heavy atom. The third-order valence-electron chi connectivity index (χ3n) is 4.22. The molecule has 0 atom stereocenters. The number of aromatic nitrogens is 3. The summed E-state index contributed by atoms with van der Waals surface area (Å²) < 4.78 is 2.14. The highest BCUT2D eigenvalue weighted by Crippen LogP contribution is 2.25. The number of fused-ring (bicyclic) bond motifs is 1. The smallest absolute Gasteiger partial charge is 0.250 e. The summed E-state index contributed by atoms with van der Waals surface area (Å²) in [4.78, 5) is 20.9. The third-order valence-corrected chi connectivity index (χ3v) is 5.20. The molecule has 0 aliphatic carbocycles. The van der Waals surface area contributed by atoms with Crippen molar-refractivity contribution in [3.63, 3.8) is 0 Å². The van der Waals surface area contributed by atoms with E-state index in [9.17, 15) is 4.79 Å². The van der Waals surface area contributed by atoms with Gasteiger partial charge in [0.1, 0.15) is 0 Å². The Labute approximate surface area is 172 Å². The summed E-state index contributed by atoms with van der Waals surface area (Å²) in [6, 6.07) is 21.9. The minimum absolute atomic E-state index is 0.187. The van der Waals surface area contributed by atoms with Gasteiger partial charge in [-0.1, -0.05) is 60.3 Å². The quantitative estimate of drug-likeness (QED) is 0.291. The molecule has 0 unspecified atom stereocenters. The van der Waals surface area contributed by atoms with Gasteiger partial charge in [-0.15, -0.1) is 0 Å². The maximum absolute atomic E-state index is 12.2. The SMILES string of the molecule is O=C(CSc1nc2ccccc2n1Cc1ccccc1)N/N=C/c1cccnc1. The molecule has 1 amide bonds. The Bertz CT molecular complexity index is 1130. The first kappa shape index (κ1) is 18.9. The van der Waals surface area contributed by atoms with E-state index >= 15 is 0 Å². The Kier molecular flexibility index (Phi) is 5.97. The van der Waals surface area contributed by atoms with Crippen LogP contribution >= 0.6 is 11.8 Å². The lowest BCUT2D eigenvalue weighted by molar-refractivity contribution is -0.118. The topological polar surface area (TPSA) is 72.2 Å². The first-order chi connectivity index (χ1) is 14.3. The highest BCUT2D eigenvalue weighted by atomic mass is 32.2. The zero-order chi connectivity index (χ0) is 19.9. The fourth-order valence-corrected chi connectivity index (χ4v) is 3.68. The molecule has 0 saturated heterocycles. The van der Waals surface area contributed by atoms with Crippen LogP contribution in [0.4, 0.5) is 0 Å². The zero-order valence-electron chi connectivity index (χ0n) is 15.6. The van der Waals surface area contributed by atoms with Gasteiger partial charge < -0.3 is 4.57 Å². The number of nitrogens with one attached hydrogen (secondary N) is 1. The van der Waals surface area contributed by atoms with Crippen LogP contribution in [-0.4, -0.2) is 32.4 Å². The second kappa shape index (κ2) is 9.16. The molecule has 4 aromatic rings. The number of rotatable bonds is 7. The highest BCUT2D eigenvalue weighted by molar-refractivity contribution is 7.99. The van der Waals surface area contributed by atoms with E-state index in [-0.39, 0.29) is 11.7 Å². The van der Waals surface area contributed by atoms with Crippen LogP contribution in [0.1, 0.15) is 11.1 Å². The van der Waals surface area contributed by atoms with Gasteiger partial charge in [-0.3, -0.25) is 9.78 Å². The summed E-state index contributed by atoms with van der Waals surface area (Å²) in [6.07, 6.45) is 4.94. The Balaban J connectivity index is 1.45. The average molecular weight is 401 g/mol. The van der Waals surface area contributed by atoms with Crippen molar-refractivity contribution in [3.05, 3.63) is 90.3 Å². The Hall–Kier alpha value is -3.45. The molecule has 0 radical (unpaired) electrons. The molecule has 0 aliphatic rings. The Morgan fingerprint density at radius 1 is 1.07 bits per heavy atom. The number of imidazole rings is 1. The fraction of sp³-hybridized carbons (Fsp3) is 0.0909. The molecule has 0 bridgehead atoms. The lowest BCUT2D eigenvalue weighted by Crippen LogP contribution is -2.20. The highest BCUT2D eigenvalue weighted by Gasteiger charge is 2.13. The minimum atomic E-state index is -0.187. The predicted octanol–water partition coefficient (Wildman–Crippen LogP) is 3.72. The molecular weight excluding hydrogens is 382 g/mol. The van der Waals surface area contributed by atoms with Crippen LogP contribution in [0.5, 0.6) is 0 Å². The van der Waals surface area contributed by atoms with Crippen LogP contribution in [0, 0.1) is 0 Å².